The highest BCUT2D eigenvalue weighted by Crippen LogP contribution is 2.24. The number of benzene rings is 2. The molecule has 3 aromatic rings. The van der Waals surface area contributed by atoms with E-state index < -0.39 is 11.6 Å². The summed E-state index contributed by atoms with van der Waals surface area (Å²) in [5.74, 6) is -2.00. The Hall–Kier alpha value is -2.73. The molecule has 6 heteroatoms. The fourth-order valence-corrected chi connectivity index (χ4v) is 3.66. The molecule has 0 atom stereocenters. The molecule has 4 nitrogen and oxygen atoms in total. The molecular weight excluding hydrogens is 348 g/mol. The molecule has 0 unspecified atom stereocenters. The number of carbonyl (C=O) groups is 1. The van der Waals surface area contributed by atoms with Crippen LogP contribution in [0.5, 0.6) is 0 Å². The van der Waals surface area contributed by atoms with Gasteiger partial charge >= 0.3 is 0 Å². The molecule has 1 aliphatic heterocycles. The number of aromatic nitrogens is 1. The van der Waals surface area contributed by atoms with Gasteiger partial charge in [0, 0.05) is 36.6 Å². The van der Waals surface area contributed by atoms with Gasteiger partial charge in [-0.15, -0.1) is 0 Å². The maximum atomic E-state index is 13.4. The Morgan fingerprint density at radius 1 is 1.11 bits per heavy atom. The van der Waals surface area contributed by atoms with Crippen LogP contribution in [0.25, 0.3) is 10.9 Å². The van der Waals surface area contributed by atoms with Gasteiger partial charge < -0.3 is 14.8 Å². The molecule has 1 N–H and O–H groups in total. The number of fused-ring (bicyclic) bond motifs is 2. The number of hydrogen-bond acceptors (Lipinski definition) is 2. The summed E-state index contributed by atoms with van der Waals surface area (Å²) in [4.78, 5) is 19.7. The lowest BCUT2D eigenvalue weighted by Crippen LogP contribution is -2.36. The number of nitrogens with one attached hydrogen (secondary N) is 1. The summed E-state index contributed by atoms with van der Waals surface area (Å²) < 4.78 is 26.8. The molecule has 140 valence electrons. The summed E-state index contributed by atoms with van der Waals surface area (Å²) in [6.45, 7) is 2.04. The number of H-pyrrole nitrogens is 1. The summed E-state index contributed by atoms with van der Waals surface area (Å²) >= 11 is 0. The van der Waals surface area contributed by atoms with Gasteiger partial charge in [-0.25, -0.2) is 8.78 Å². The summed E-state index contributed by atoms with van der Waals surface area (Å²) in [6, 6.07) is 10.2. The fraction of sp³-hybridized carbons (Fsp3) is 0.286. The standard InChI is InChI=1S/C21H21F2N3O/c1-25(2)11-13-3-4-15-12-26(6-5-14(15)7-13)21(27)20-9-16-8-17(22)18(23)10-19(16)24-20/h3-4,7-10,24H,5-6,11-12H2,1-2H3. The normalized spacial score (nSPS) is 14.0. The quantitative estimate of drug-likeness (QED) is 0.765. The Morgan fingerprint density at radius 3 is 2.67 bits per heavy atom. The van der Waals surface area contributed by atoms with Crippen LogP contribution in [0.3, 0.4) is 0 Å². The van der Waals surface area contributed by atoms with Gasteiger partial charge in [0.1, 0.15) is 5.69 Å². The highest BCUT2D eigenvalue weighted by atomic mass is 19.2. The van der Waals surface area contributed by atoms with E-state index in [0.29, 0.717) is 29.7 Å². The van der Waals surface area contributed by atoms with E-state index in [1.54, 1.807) is 11.0 Å². The molecule has 1 amide bonds. The zero-order valence-electron chi connectivity index (χ0n) is 15.4. The van der Waals surface area contributed by atoms with Crippen molar-refractivity contribution in [2.45, 2.75) is 19.5 Å². The lowest BCUT2D eigenvalue weighted by molar-refractivity contribution is 0.0729. The van der Waals surface area contributed by atoms with Crippen LogP contribution in [0, 0.1) is 11.6 Å². The molecule has 0 aliphatic carbocycles. The highest BCUT2D eigenvalue weighted by Gasteiger charge is 2.23. The second-order valence-electron chi connectivity index (χ2n) is 7.35. The molecule has 4 rings (SSSR count). The van der Waals surface area contributed by atoms with Gasteiger partial charge in [0.25, 0.3) is 5.91 Å². The van der Waals surface area contributed by atoms with Crippen LogP contribution < -0.4 is 0 Å². The first-order chi connectivity index (χ1) is 12.9. The molecular formula is C21H21F2N3O. The van der Waals surface area contributed by atoms with Gasteiger partial charge in [0.05, 0.1) is 0 Å². The van der Waals surface area contributed by atoms with E-state index >= 15 is 0 Å². The zero-order chi connectivity index (χ0) is 19.1. The molecule has 2 heterocycles. The summed E-state index contributed by atoms with van der Waals surface area (Å²) in [6.07, 6.45) is 0.797. The minimum absolute atomic E-state index is 0.157. The molecule has 27 heavy (non-hydrogen) atoms. The van der Waals surface area contributed by atoms with Crippen LogP contribution in [0.2, 0.25) is 0 Å². The number of nitrogens with zero attached hydrogens (tertiary/aromatic N) is 2. The van der Waals surface area contributed by atoms with E-state index in [4.69, 9.17) is 0 Å². The number of hydrogen-bond donors (Lipinski definition) is 1. The Bertz CT molecular complexity index is 987. The smallest absolute Gasteiger partial charge is 0.270 e. The van der Waals surface area contributed by atoms with Crippen molar-refractivity contribution in [2.24, 2.45) is 0 Å². The number of carbonyl (C=O) groups excluding carboxylic acids is 1. The molecule has 0 saturated heterocycles. The Morgan fingerprint density at radius 2 is 1.89 bits per heavy atom. The summed E-state index contributed by atoms with van der Waals surface area (Å²) in [7, 11) is 4.08. The van der Waals surface area contributed by atoms with Crippen LogP contribution in [-0.4, -0.2) is 41.3 Å². The van der Waals surface area contributed by atoms with Crippen molar-refractivity contribution in [2.75, 3.05) is 20.6 Å². The SMILES string of the molecule is CN(C)Cc1ccc2c(c1)CCN(C(=O)c1cc3cc(F)c(F)cc3[nH]1)C2. The lowest BCUT2D eigenvalue weighted by Gasteiger charge is -2.29. The summed E-state index contributed by atoms with van der Waals surface area (Å²) in [5.41, 5.74) is 4.45. The van der Waals surface area contributed by atoms with Crippen LogP contribution in [0.1, 0.15) is 27.2 Å². The molecule has 2 aromatic carbocycles. The molecule has 0 fully saturated rings. The second-order valence-corrected chi connectivity index (χ2v) is 7.35. The minimum atomic E-state index is -0.927. The maximum Gasteiger partial charge on any atom is 0.270 e. The highest BCUT2D eigenvalue weighted by molar-refractivity contribution is 5.98. The van der Waals surface area contributed by atoms with Crippen LogP contribution in [0.4, 0.5) is 8.78 Å². The van der Waals surface area contributed by atoms with Crippen molar-refractivity contribution in [1.82, 2.24) is 14.8 Å². The van der Waals surface area contributed by atoms with Crippen molar-refractivity contribution in [1.29, 1.82) is 0 Å². The van der Waals surface area contributed by atoms with E-state index in [1.165, 1.54) is 11.1 Å². The van der Waals surface area contributed by atoms with Crippen molar-refractivity contribution in [3.8, 4) is 0 Å². The molecule has 0 radical (unpaired) electrons. The lowest BCUT2D eigenvalue weighted by atomic mass is 9.97. The number of halogens is 2. The van der Waals surface area contributed by atoms with Crippen molar-refractivity contribution in [3.63, 3.8) is 0 Å². The third-order valence-corrected chi connectivity index (χ3v) is 4.96. The Balaban J connectivity index is 1.55. The number of aromatic amines is 1. The fourth-order valence-electron chi connectivity index (χ4n) is 3.66. The van der Waals surface area contributed by atoms with E-state index in [0.717, 1.165) is 30.7 Å². The van der Waals surface area contributed by atoms with Crippen LogP contribution in [-0.2, 0) is 19.5 Å². The van der Waals surface area contributed by atoms with Crippen LogP contribution >= 0.6 is 0 Å². The van der Waals surface area contributed by atoms with Crippen molar-refractivity contribution < 1.29 is 13.6 Å². The topological polar surface area (TPSA) is 39.3 Å². The molecule has 0 saturated carbocycles. The first kappa shape index (κ1) is 17.7. The van der Waals surface area contributed by atoms with E-state index in [9.17, 15) is 13.6 Å². The molecule has 0 bridgehead atoms. The van der Waals surface area contributed by atoms with Gasteiger partial charge in [0.2, 0.25) is 0 Å². The van der Waals surface area contributed by atoms with E-state index in [2.05, 4.69) is 28.1 Å². The third-order valence-electron chi connectivity index (χ3n) is 4.96. The van der Waals surface area contributed by atoms with Gasteiger partial charge in [-0.2, -0.15) is 0 Å². The predicted octanol–water partition coefficient (Wildman–Crippen LogP) is 3.71. The Kier molecular flexibility index (Phi) is 4.44. The van der Waals surface area contributed by atoms with Crippen LogP contribution in [0.15, 0.2) is 36.4 Å². The van der Waals surface area contributed by atoms with Gasteiger partial charge in [0.15, 0.2) is 11.6 Å². The van der Waals surface area contributed by atoms with Gasteiger partial charge in [-0.1, -0.05) is 18.2 Å². The van der Waals surface area contributed by atoms with Crippen molar-refractivity contribution >= 4 is 16.8 Å². The number of rotatable bonds is 3. The van der Waals surface area contributed by atoms with Gasteiger partial charge in [-0.05, 0) is 49.3 Å². The average molecular weight is 369 g/mol. The Labute approximate surface area is 156 Å². The summed E-state index contributed by atoms with van der Waals surface area (Å²) in [5, 5.41) is 0.489. The maximum absolute atomic E-state index is 13.4. The zero-order valence-corrected chi connectivity index (χ0v) is 15.4. The minimum Gasteiger partial charge on any atom is -0.350 e. The van der Waals surface area contributed by atoms with E-state index in [1.807, 2.05) is 14.1 Å². The molecule has 1 aromatic heterocycles. The van der Waals surface area contributed by atoms with Gasteiger partial charge in [-0.3, -0.25) is 4.79 Å². The molecule has 0 spiro atoms. The van der Waals surface area contributed by atoms with E-state index in [-0.39, 0.29) is 5.91 Å². The first-order valence-electron chi connectivity index (χ1n) is 8.93. The monoisotopic (exact) mass is 369 g/mol. The number of amides is 1. The molecule has 1 aliphatic rings. The predicted molar refractivity (Wildman–Crippen MR) is 100 cm³/mol. The third kappa shape index (κ3) is 3.45. The first-order valence-corrected chi connectivity index (χ1v) is 8.93. The second kappa shape index (κ2) is 6.78. The average Bonchev–Trinajstić information content (AvgIpc) is 3.03. The largest absolute Gasteiger partial charge is 0.350 e. The van der Waals surface area contributed by atoms with Crippen molar-refractivity contribution in [3.05, 3.63) is 70.4 Å².